The molecule has 2 aromatic rings. The second kappa shape index (κ2) is 7.73. The van der Waals surface area contributed by atoms with Gasteiger partial charge in [-0.2, -0.15) is 0 Å². The molecule has 1 saturated heterocycles. The van der Waals surface area contributed by atoms with Gasteiger partial charge >= 0.3 is 0 Å². The second-order valence-electron chi connectivity index (χ2n) is 6.11. The highest BCUT2D eigenvalue weighted by Gasteiger charge is 2.23. The van der Waals surface area contributed by atoms with Gasteiger partial charge in [0.25, 0.3) is 0 Å². The summed E-state index contributed by atoms with van der Waals surface area (Å²) in [5, 5.41) is 10.2. The SMILES string of the molecule is OC(CN1CCC(Oc2ccccc2)CC1)c1ccc(F)cc1F. The van der Waals surface area contributed by atoms with E-state index in [2.05, 4.69) is 4.90 Å². The van der Waals surface area contributed by atoms with E-state index < -0.39 is 17.7 Å². The lowest BCUT2D eigenvalue weighted by atomic mass is 10.0. The van der Waals surface area contributed by atoms with Crippen molar-refractivity contribution >= 4 is 0 Å². The Kier molecular flexibility index (Phi) is 5.43. The predicted octanol–water partition coefficient (Wildman–Crippen LogP) is 3.54. The first-order chi connectivity index (χ1) is 11.6. The van der Waals surface area contributed by atoms with Crippen LogP contribution >= 0.6 is 0 Å². The lowest BCUT2D eigenvalue weighted by Gasteiger charge is -2.33. The normalized spacial score (nSPS) is 17.6. The van der Waals surface area contributed by atoms with Crippen LogP contribution in [-0.2, 0) is 0 Å². The molecule has 2 aromatic carbocycles. The summed E-state index contributed by atoms with van der Waals surface area (Å²) in [7, 11) is 0. The van der Waals surface area contributed by atoms with Crippen LogP contribution in [-0.4, -0.2) is 35.7 Å². The minimum Gasteiger partial charge on any atom is -0.490 e. The summed E-state index contributed by atoms with van der Waals surface area (Å²) in [6.45, 7) is 1.88. The van der Waals surface area contributed by atoms with Crippen LogP contribution in [0.2, 0.25) is 0 Å². The summed E-state index contributed by atoms with van der Waals surface area (Å²) in [4.78, 5) is 2.08. The minimum absolute atomic E-state index is 0.138. The van der Waals surface area contributed by atoms with Gasteiger partial charge in [-0.15, -0.1) is 0 Å². The molecule has 0 spiro atoms. The van der Waals surface area contributed by atoms with E-state index >= 15 is 0 Å². The van der Waals surface area contributed by atoms with Crippen LogP contribution in [0.4, 0.5) is 8.78 Å². The van der Waals surface area contributed by atoms with Crippen LogP contribution in [0.15, 0.2) is 48.5 Å². The number of aliphatic hydroxyl groups is 1. The van der Waals surface area contributed by atoms with Crippen LogP contribution in [0.25, 0.3) is 0 Å². The molecule has 128 valence electrons. The van der Waals surface area contributed by atoms with Crippen molar-refractivity contribution in [1.29, 1.82) is 0 Å². The summed E-state index contributed by atoms with van der Waals surface area (Å²) in [5.74, 6) is -0.475. The van der Waals surface area contributed by atoms with Crippen LogP contribution in [0.1, 0.15) is 24.5 Å². The number of hydrogen-bond donors (Lipinski definition) is 1. The maximum atomic E-state index is 13.7. The number of β-amino-alcohol motifs (C(OH)–C–C–N with tert-alkyl or cyclic N) is 1. The van der Waals surface area contributed by atoms with Gasteiger partial charge in [0.1, 0.15) is 23.5 Å². The van der Waals surface area contributed by atoms with Crippen molar-refractivity contribution in [2.24, 2.45) is 0 Å². The maximum Gasteiger partial charge on any atom is 0.131 e. The van der Waals surface area contributed by atoms with Gasteiger partial charge in [-0.1, -0.05) is 24.3 Å². The van der Waals surface area contributed by atoms with Gasteiger partial charge in [0.05, 0.1) is 6.10 Å². The zero-order valence-corrected chi connectivity index (χ0v) is 13.4. The highest BCUT2D eigenvalue weighted by molar-refractivity contribution is 5.22. The number of hydrogen-bond acceptors (Lipinski definition) is 3. The number of ether oxygens (including phenoxy) is 1. The van der Waals surface area contributed by atoms with Crippen molar-refractivity contribution in [2.75, 3.05) is 19.6 Å². The fraction of sp³-hybridized carbons (Fsp3) is 0.368. The molecule has 1 aliphatic heterocycles. The monoisotopic (exact) mass is 333 g/mol. The fourth-order valence-corrected chi connectivity index (χ4v) is 3.02. The Morgan fingerprint density at radius 3 is 2.46 bits per heavy atom. The van der Waals surface area contributed by atoms with Gasteiger partial charge in [-0.25, -0.2) is 8.78 Å². The largest absolute Gasteiger partial charge is 0.490 e. The molecule has 0 aromatic heterocycles. The molecule has 1 fully saturated rings. The van der Waals surface area contributed by atoms with Crippen molar-refractivity contribution in [2.45, 2.75) is 25.0 Å². The third-order valence-electron chi connectivity index (χ3n) is 4.33. The molecule has 24 heavy (non-hydrogen) atoms. The molecule has 1 heterocycles. The lowest BCUT2D eigenvalue weighted by Crippen LogP contribution is -2.40. The zero-order chi connectivity index (χ0) is 16.9. The Morgan fingerprint density at radius 2 is 1.79 bits per heavy atom. The number of aliphatic hydroxyl groups excluding tert-OH is 1. The van der Waals surface area contributed by atoms with E-state index in [9.17, 15) is 13.9 Å². The molecule has 1 atom stereocenters. The van der Waals surface area contributed by atoms with Crippen molar-refractivity contribution in [3.63, 3.8) is 0 Å². The summed E-state index contributed by atoms with van der Waals surface area (Å²) >= 11 is 0. The molecule has 0 bridgehead atoms. The van der Waals surface area contributed by atoms with E-state index in [1.54, 1.807) is 0 Å². The van der Waals surface area contributed by atoms with Gasteiger partial charge < -0.3 is 14.7 Å². The Morgan fingerprint density at radius 1 is 1.08 bits per heavy atom. The van der Waals surface area contributed by atoms with E-state index in [4.69, 9.17) is 4.74 Å². The summed E-state index contributed by atoms with van der Waals surface area (Å²) < 4.78 is 32.6. The molecule has 1 unspecified atom stereocenters. The molecular formula is C19H21F2NO2. The van der Waals surface area contributed by atoms with E-state index in [-0.39, 0.29) is 11.7 Å². The average molecular weight is 333 g/mol. The van der Waals surface area contributed by atoms with Crippen LogP contribution in [0.3, 0.4) is 0 Å². The van der Waals surface area contributed by atoms with Crippen molar-refractivity contribution in [3.05, 3.63) is 65.7 Å². The van der Waals surface area contributed by atoms with Gasteiger partial charge in [0.2, 0.25) is 0 Å². The Balaban J connectivity index is 1.50. The average Bonchev–Trinajstić information content (AvgIpc) is 2.57. The van der Waals surface area contributed by atoms with Crippen LogP contribution in [0, 0.1) is 11.6 Å². The molecule has 3 nitrogen and oxygen atoms in total. The molecule has 0 amide bonds. The van der Waals surface area contributed by atoms with Crippen LogP contribution in [0.5, 0.6) is 5.75 Å². The summed E-state index contributed by atoms with van der Waals surface area (Å²) in [6, 6.07) is 13.0. The predicted molar refractivity (Wildman–Crippen MR) is 87.8 cm³/mol. The van der Waals surface area contributed by atoms with Gasteiger partial charge in [0.15, 0.2) is 0 Å². The molecule has 3 rings (SSSR count). The molecule has 1 N–H and O–H groups in total. The third-order valence-corrected chi connectivity index (χ3v) is 4.33. The highest BCUT2D eigenvalue weighted by atomic mass is 19.1. The number of halogens is 2. The first kappa shape index (κ1) is 16.9. The molecule has 0 radical (unpaired) electrons. The highest BCUT2D eigenvalue weighted by Crippen LogP contribution is 2.23. The lowest BCUT2D eigenvalue weighted by molar-refractivity contribution is 0.0597. The second-order valence-corrected chi connectivity index (χ2v) is 6.11. The molecule has 5 heteroatoms. The Labute approximate surface area is 140 Å². The standard InChI is InChI=1S/C19H21F2NO2/c20-14-6-7-17(18(21)12-14)19(23)13-22-10-8-16(9-11-22)24-15-4-2-1-3-5-15/h1-7,12,16,19,23H,8-11,13H2. The zero-order valence-electron chi connectivity index (χ0n) is 13.4. The molecular weight excluding hydrogens is 312 g/mol. The quantitative estimate of drug-likeness (QED) is 0.908. The molecule has 0 aliphatic carbocycles. The van der Waals surface area contributed by atoms with Crippen molar-refractivity contribution in [3.8, 4) is 5.75 Å². The van der Waals surface area contributed by atoms with Crippen molar-refractivity contribution < 1.29 is 18.6 Å². The van der Waals surface area contributed by atoms with Gasteiger partial charge in [-0.3, -0.25) is 0 Å². The topological polar surface area (TPSA) is 32.7 Å². The summed E-state index contributed by atoms with van der Waals surface area (Å²) in [6.07, 6.45) is 0.904. The van der Waals surface area contributed by atoms with Gasteiger partial charge in [0, 0.05) is 31.3 Å². The third kappa shape index (κ3) is 4.30. The first-order valence-corrected chi connectivity index (χ1v) is 8.19. The number of para-hydroxylation sites is 1. The number of piperidine rings is 1. The van der Waals surface area contributed by atoms with Crippen molar-refractivity contribution in [1.82, 2.24) is 4.90 Å². The number of rotatable bonds is 5. The van der Waals surface area contributed by atoms with E-state index in [0.29, 0.717) is 6.54 Å². The summed E-state index contributed by atoms with van der Waals surface area (Å²) in [5.41, 5.74) is 0.138. The van der Waals surface area contributed by atoms with E-state index in [1.165, 1.54) is 12.1 Å². The molecule has 1 aliphatic rings. The number of likely N-dealkylation sites (tertiary alicyclic amines) is 1. The number of benzene rings is 2. The van der Waals surface area contributed by atoms with E-state index in [0.717, 1.165) is 37.7 Å². The fourth-order valence-electron chi connectivity index (χ4n) is 3.02. The first-order valence-electron chi connectivity index (χ1n) is 8.19. The van der Waals surface area contributed by atoms with E-state index in [1.807, 2.05) is 30.3 Å². The minimum atomic E-state index is -0.961. The van der Waals surface area contributed by atoms with Crippen LogP contribution < -0.4 is 4.74 Å². The smallest absolute Gasteiger partial charge is 0.131 e. The maximum absolute atomic E-state index is 13.7. The Hall–Kier alpha value is -1.98. The van der Waals surface area contributed by atoms with Gasteiger partial charge in [-0.05, 0) is 31.0 Å². The number of nitrogens with zero attached hydrogens (tertiary/aromatic N) is 1. The Bertz CT molecular complexity index is 658. The molecule has 0 saturated carbocycles.